The quantitative estimate of drug-likeness (QED) is 0.0311. The average molecular weight is 837 g/mol. The number of unbranched alkanes of at least 4 members (excludes halogenated alkanes) is 2. The Labute approximate surface area is 363 Å². The van der Waals surface area contributed by atoms with Gasteiger partial charge >= 0.3 is 0 Å². The molecule has 0 bridgehead atoms. The summed E-state index contributed by atoms with van der Waals surface area (Å²) >= 11 is 0. The van der Waals surface area contributed by atoms with E-state index in [4.69, 9.17) is 14.5 Å². The highest BCUT2D eigenvalue weighted by molar-refractivity contribution is 5.94. The van der Waals surface area contributed by atoms with Crippen LogP contribution in [0.5, 0.6) is 5.88 Å². The number of benzene rings is 3. The molecule has 14 nitrogen and oxygen atoms in total. The first-order valence-electron chi connectivity index (χ1n) is 21.2. The highest BCUT2D eigenvalue weighted by atomic mass is 16.5. The second-order valence-corrected chi connectivity index (χ2v) is 15.5. The van der Waals surface area contributed by atoms with Gasteiger partial charge in [-0.3, -0.25) is 15.0 Å². The molecule has 0 aliphatic rings. The molecule has 14 heteroatoms. The number of nitrogens with one attached hydrogen (secondary N) is 3. The number of hydrogen-bond donors (Lipinski definition) is 3. The number of carbonyl (C=O) groups is 2. The maximum atomic E-state index is 12.5. The molecule has 0 atom stereocenters. The number of aryl methyl sites for hydroxylation is 2. The largest absolute Gasteiger partial charge is 0.478 e. The van der Waals surface area contributed by atoms with Crippen molar-refractivity contribution in [1.82, 2.24) is 40.8 Å². The van der Waals surface area contributed by atoms with E-state index in [0.717, 1.165) is 59.2 Å². The molecule has 3 aromatic carbocycles. The van der Waals surface area contributed by atoms with Gasteiger partial charge in [-0.25, -0.2) is 9.97 Å². The lowest BCUT2D eigenvalue weighted by Gasteiger charge is -2.20. The predicted octanol–water partition coefficient (Wildman–Crippen LogP) is 7.81. The summed E-state index contributed by atoms with van der Waals surface area (Å²) in [7, 11) is 0. The second-order valence-electron chi connectivity index (χ2n) is 15.5. The number of carbonyl (C=O) groups excluding carboxylic acids is 2. The van der Waals surface area contributed by atoms with Gasteiger partial charge in [0.15, 0.2) is 5.82 Å². The zero-order chi connectivity index (χ0) is 43.4. The summed E-state index contributed by atoms with van der Waals surface area (Å²) in [5, 5.41) is 23.2. The second kappa shape index (κ2) is 23.3. The fraction of sp³-hybridized carbons (Fsp3) is 0.333. The van der Waals surface area contributed by atoms with E-state index in [2.05, 4.69) is 85.7 Å². The summed E-state index contributed by atoms with van der Waals surface area (Å²) in [6.45, 7) is 8.81. The molecule has 6 aromatic rings. The molecule has 322 valence electrons. The Morgan fingerprint density at radius 3 is 2.29 bits per heavy atom. The van der Waals surface area contributed by atoms with Gasteiger partial charge in [-0.15, -0.1) is 10.2 Å². The van der Waals surface area contributed by atoms with Crippen molar-refractivity contribution in [2.24, 2.45) is 5.10 Å². The van der Waals surface area contributed by atoms with Crippen molar-refractivity contribution in [3.63, 3.8) is 0 Å². The van der Waals surface area contributed by atoms with Crippen molar-refractivity contribution < 1.29 is 19.1 Å². The number of ether oxygens (including phenoxy) is 2. The van der Waals surface area contributed by atoms with Gasteiger partial charge < -0.3 is 20.1 Å². The number of anilines is 1. The molecule has 3 N–H and O–H groups in total. The third-order valence-corrected chi connectivity index (χ3v) is 10.2. The number of hydrogen-bond acceptors (Lipinski definition) is 11. The summed E-state index contributed by atoms with van der Waals surface area (Å²) in [5.41, 5.74) is 9.30. The van der Waals surface area contributed by atoms with Gasteiger partial charge in [0.25, 0.3) is 5.91 Å². The van der Waals surface area contributed by atoms with Crippen LogP contribution in [0.4, 0.5) is 5.82 Å². The van der Waals surface area contributed by atoms with Crippen molar-refractivity contribution in [3.8, 4) is 28.3 Å². The van der Waals surface area contributed by atoms with Crippen LogP contribution in [0.15, 0.2) is 120 Å². The average Bonchev–Trinajstić information content (AvgIpc) is 3.79. The summed E-state index contributed by atoms with van der Waals surface area (Å²) in [5.74, 6) is 1.56. The maximum absolute atomic E-state index is 12.5. The number of aromatic nitrogens is 6. The minimum atomic E-state index is -0.252. The van der Waals surface area contributed by atoms with Crippen LogP contribution >= 0.6 is 0 Å². The number of nitrogens with zero attached hydrogens (tertiary/aromatic N) is 7. The lowest BCUT2D eigenvalue weighted by atomic mass is 9.86. The van der Waals surface area contributed by atoms with Crippen molar-refractivity contribution in [1.29, 1.82) is 0 Å². The van der Waals surface area contributed by atoms with Crippen LogP contribution in [0.25, 0.3) is 22.4 Å². The fourth-order valence-electron chi connectivity index (χ4n) is 6.52. The predicted molar refractivity (Wildman–Crippen MR) is 242 cm³/mol. The summed E-state index contributed by atoms with van der Waals surface area (Å²) in [4.78, 5) is 35.5. The first kappa shape index (κ1) is 44.7. The highest BCUT2D eigenvalue weighted by Crippen LogP contribution is 2.29. The van der Waals surface area contributed by atoms with E-state index in [-0.39, 0.29) is 17.2 Å². The first-order chi connectivity index (χ1) is 30.2. The number of hydrazone groups is 1. The first-order valence-corrected chi connectivity index (χ1v) is 21.2. The molecule has 3 aromatic heterocycles. The van der Waals surface area contributed by atoms with Gasteiger partial charge in [-0.1, -0.05) is 98.8 Å². The Balaban J connectivity index is 0.799. The van der Waals surface area contributed by atoms with E-state index in [1.807, 2.05) is 73.7 Å². The van der Waals surface area contributed by atoms with Gasteiger partial charge in [0.05, 0.1) is 43.8 Å². The number of amides is 2. The van der Waals surface area contributed by atoms with Gasteiger partial charge in [0, 0.05) is 42.8 Å². The SMILES string of the molecule is Cc1ccccc1/C=N/Nc1ccc(C(=O)NCCOCCNC(=O)CCCCn2nnc(C(C)(C)CCCCOc3cc(-c4ccccc4)cc(-c4ccccc4)n3)n2)cn1. The molecular formula is C48H56N10O4. The fourth-order valence-corrected chi connectivity index (χ4v) is 6.52. The molecule has 2 amide bonds. The Hall–Kier alpha value is -6.80. The van der Waals surface area contributed by atoms with Crippen LogP contribution in [0.3, 0.4) is 0 Å². The van der Waals surface area contributed by atoms with E-state index >= 15 is 0 Å². The molecule has 0 saturated heterocycles. The third-order valence-electron chi connectivity index (χ3n) is 10.2. The van der Waals surface area contributed by atoms with Gasteiger partial charge in [-0.05, 0) is 84.7 Å². The van der Waals surface area contributed by atoms with Crippen LogP contribution in [0, 0.1) is 6.92 Å². The Kier molecular flexibility index (Phi) is 16.8. The van der Waals surface area contributed by atoms with E-state index in [1.54, 1.807) is 23.1 Å². The summed E-state index contributed by atoms with van der Waals surface area (Å²) in [6.07, 6.45) is 7.73. The lowest BCUT2D eigenvalue weighted by molar-refractivity contribution is -0.121. The van der Waals surface area contributed by atoms with E-state index in [1.165, 1.54) is 6.20 Å². The zero-order valence-corrected chi connectivity index (χ0v) is 35.8. The molecule has 0 fully saturated rings. The van der Waals surface area contributed by atoms with Crippen LogP contribution in [-0.2, 0) is 21.5 Å². The number of tetrazole rings is 1. The molecule has 6 rings (SSSR count). The molecule has 0 aliphatic heterocycles. The van der Waals surface area contributed by atoms with Crippen molar-refractivity contribution in [2.75, 3.05) is 38.3 Å². The monoisotopic (exact) mass is 836 g/mol. The van der Waals surface area contributed by atoms with Crippen LogP contribution in [0.1, 0.15) is 79.7 Å². The molecule has 0 unspecified atom stereocenters. The molecule has 62 heavy (non-hydrogen) atoms. The van der Waals surface area contributed by atoms with E-state index in [0.29, 0.717) is 75.4 Å². The molecule has 0 saturated carbocycles. The lowest BCUT2D eigenvalue weighted by Crippen LogP contribution is -2.30. The van der Waals surface area contributed by atoms with E-state index in [9.17, 15) is 9.59 Å². The number of pyridine rings is 2. The minimum Gasteiger partial charge on any atom is -0.478 e. The summed E-state index contributed by atoms with van der Waals surface area (Å²) < 4.78 is 11.8. The molecule has 0 radical (unpaired) electrons. The van der Waals surface area contributed by atoms with Gasteiger partial charge in [0.1, 0.15) is 5.82 Å². The van der Waals surface area contributed by atoms with E-state index < -0.39 is 0 Å². The smallest absolute Gasteiger partial charge is 0.252 e. The van der Waals surface area contributed by atoms with Crippen molar-refractivity contribution in [2.45, 2.75) is 71.3 Å². The summed E-state index contributed by atoms with van der Waals surface area (Å²) in [6, 6.07) is 35.9. The van der Waals surface area contributed by atoms with Crippen LogP contribution in [0.2, 0.25) is 0 Å². The van der Waals surface area contributed by atoms with Crippen molar-refractivity contribution >= 4 is 23.8 Å². The van der Waals surface area contributed by atoms with Crippen LogP contribution in [-0.4, -0.2) is 81.1 Å². The minimum absolute atomic E-state index is 0.0399. The molecule has 0 aliphatic carbocycles. The van der Waals surface area contributed by atoms with Gasteiger partial charge in [0.2, 0.25) is 11.8 Å². The van der Waals surface area contributed by atoms with Crippen molar-refractivity contribution in [3.05, 3.63) is 138 Å². The Bertz CT molecular complexity index is 2280. The standard InChI is InChI=1S/C48H56N10O4/c1-36-16-10-11-21-39(36)35-52-54-43-24-23-40(34-51-43)46(60)50-27-31-61-30-26-49-44(59)22-12-14-28-58-56-47(55-57-58)48(2,3)25-13-15-29-62-45-33-41(37-17-6-4-7-18-37)32-42(53-45)38-19-8-5-9-20-38/h4-11,16-21,23-24,32-35H,12-15,22,25-31H2,1-3H3,(H,49,59)(H,50,60)(H,51,54)/b52-35+. The number of rotatable bonds is 24. The molecule has 3 heterocycles. The Morgan fingerprint density at radius 1 is 0.790 bits per heavy atom. The maximum Gasteiger partial charge on any atom is 0.252 e. The molecular weight excluding hydrogens is 781 g/mol. The Morgan fingerprint density at radius 2 is 1.53 bits per heavy atom. The molecule has 0 spiro atoms. The highest BCUT2D eigenvalue weighted by Gasteiger charge is 2.26. The topological polar surface area (TPSA) is 170 Å². The zero-order valence-electron chi connectivity index (χ0n) is 35.8. The van der Waals surface area contributed by atoms with Gasteiger partial charge in [-0.2, -0.15) is 9.90 Å². The van der Waals surface area contributed by atoms with Crippen LogP contribution < -0.4 is 20.8 Å². The normalized spacial score (nSPS) is 11.4. The third kappa shape index (κ3) is 14.2.